The van der Waals surface area contributed by atoms with Crippen LogP contribution in [0.3, 0.4) is 0 Å². The maximum Gasteiger partial charge on any atom is 0.460 e. The van der Waals surface area contributed by atoms with Crippen molar-refractivity contribution in [1.82, 2.24) is 4.90 Å². The highest BCUT2D eigenvalue weighted by molar-refractivity contribution is 5.83. The van der Waals surface area contributed by atoms with Crippen molar-refractivity contribution in [2.45, 2.75) is 139 Å². The predicted molar refractivity (Wildman–Crippen MR) is 170 cm³/mol. The van der Waals surface area contributed by atoms with Crippen molar-refractivity contribution in [2.75, 3.05) is 20.1 Å². The van der Waals surface area contributed by atoms with Gasteiger partial charge in [-0.25, -0.2) is 0 Å². The number of aromatic hydroxyl groups is 1. The van der Waals surface area contributed by atoms with E-state index in [1.54, 1.807) is 6.07 Å². The molecule has 3 fully saturated rings. The van der Waals surface area contributed by atoms with E-state index < -0.39 is 42.4 Å². The molecule has 13 heteroatoms. The molecule has 5 rings (SSSR count). The van der Waals surface area contributed by atoms with E-state index in [4.69, 9.17) is 0 Å². The van der Waals surface area contributed by atoms with Gasteiger partial charge in [0.05, 0.1) is 5.60 Å². The Kier molecular flexibility index (Phi) is 11.0. The van der Waals surface area contributed by atoms with Crippen molar-refractivity contribution in [3.63, 3.8) is 0 Å². The van der Waals surface area contributed by atoms with Crippen LogP contribution in [0.1, 0.15) is 114 Å². The molecule has 0 spiro atoms. The smallest absolute Gasteiger partial charge is 0.460 e. The molecule has 0 bridgehead atoms. The second-order valence-corrected chi connectivity index (χ2v) is 16.0. The molecule has 0 radical (unpaired) electrons. The number of fused-ring (bicyclic) bond motifs is 7. The summed E-state index contributed by atoms with van der Waals surface area (Å²) >= 11 is 0. The van der Waals surface area contributed by atoms with Crippen LogP contribution in [0.25, 0.3) is 0 Å². The van der Waals surface area contributed by atoms with Crippen molar-refractivity contribution in [3.05, 3.63) is 29.3 Å². The molecule has 50 heavy (non-hydrogen) atoms. The number of unbranched alkanes of at least 4 members (excludes halogenated alkanes) is 5. The van der Waals surface area contributed by atoms with Crippen LogP contribution in [0.4, 0.5) is 39.5 Å². The van der Waals surface area contributed by atoms with Gasteiger partial charge < -0.3 is 15.1 Å². The first-order valence-corrected chi connectivity index (χ1v) is 18.1. The van der Waals surface area contributed by atoms with E-state index in [2.05, 4.69) is 17.9 Å². The fourth-order valence-corrected chi connectivity index (χ4v) is 10.4. The molecule has 284 valence electrons. The number of hydrogen-bond donors (Lipinski definition) is 2. The van der Waals surface area contributed by atoms with Gasteiger partial charge in [-0.2, -0.15) is 39.5 Å². The van der Waals surface area contributed by atoms with Gasteiger partial charge in [-0.3, -0.25) is 4.79 Å². The number of ketones is 1. The zero-order chi connectivity index (χ0) is 36.9. The summed E-state index contributed by atoms with van der Waals surface area (Å²) in [6, 6.07) is 5.73. The number of halogens is 9. The fraction of sp³-hybridized carbons (Fsp3) is 0.811. The van der Waals surface area contributed by atoms with Gasteiger partial charge in [0.1, 0.15) is 11.5 Å². The lowest BCUT2D eigenvalue weighted by Crippen LogP contribution is -2.60. The van der Waals surface area contributed by atoms with Crippen molar-refractivity contribution >= 4 is 5.78 Å². The number of phenols is 1. The molecule has 0 amide bonds. The number of hydrogen-bond acceptors (Lipinski definition) is 4. The number of rotatable bonds is 15. The first-order chi connectivity index (χ1) is 23.2. The van der Waals surface area contributed by atoms with E-state index >= 15 is 0 Å². The SMILES string of the molecule is CN(CCCCCCC(F)(F)C(F)(F)C(F)(F)C(F)(F)F)CCCCC[C@H]1C[C@@]2(C)C(C[C@H]3CC(=O)C[C@]32O)C2CCc3cc(O)ccc3C21. The highest BCUT2D eigenvalue weighted by Crippen LogP contribution is 2.70. The Labute approximate surface area is 288 Å². The number of nitrogens with zero attached hydrogens (tertiary/aromatic N) is 1. The molecule has 3 saturated carbocycles. The third-order valence-electron chi connectivity index (χ3n) is 13.0. The van der Waals surface area contributed by atoms with Crippen LogP contribution in [0.2, 0.25) is 0 Å². The van der Waals surface area contributed by atoms with Gasteiger partial charge >= 0.3 is 23.9 Å². The minimum Gasteiger partial charge on any atom is -0.508 e. The summed E-state index contributed by atoms with van der Waals surface area (Å²) in [6.07, 6.45) is -0.163. The van der Waals surface area contributed by atoms with Crippen LogP contribution in [-0.4, -0.2) is 70.6 Å². The molecule has 7 atom stereocenters. The normalized spacial score (nSPS) is 31.5. The first-order valence-electron chi connectivity index (χ1n) is 18.1. The molecular weight excluding hydrogens is 677 g/mol. The molecule has 3 unspecified atom stereocenters. The van der Waals surface area contributed by atoms with E-state index in [1.807, 2.05) is 13.1 Å². The van der Waals surface area contributed by atoms with Crippen LogP contribution in [0.15, 0.2) is 18.2 Å². The standard InChI is InChI=1S/C37H50F9NO3/c1-32-21-24(31-28-14-12-26(48)18-23(28)11-13-29(31)30(32)20-25-19-27(49)22-33(25,32)50)10-6-5-9-17-47(2)16-8-4-3-7-15-34(38,39)35(40,41)36(42,43)37(44,45)46/h12,14,18,24-25,29-31,48,50H,3-11,13,15-17,19-22H2,1-2H3/t24-,25+,29?,30?,31?,32-,33-/m0/s1. The van der Waals surface area contributed by atoms with Gasteiger partial charge in [-0.1, -0.05) is 38.7 Å². The summed E-state index contributed by atoms with van der Waals surface area (Å²) in [5, 5.41) is 22.2. The van der Waals surface area contributed by atoms with E-state index in [1.165, 1.54) is 11.1 Å². The number of carbonyl (C=O) groups excluding carboxylic acids is 1. The number of alkyl halides is 9. The Morgan fingerprint density at radius 2 is 1.54 bits per heavy atom. The number of phenolic OH excluding ortho intramolecular Hbond substituents is 1. The molecule has 0 aliphatic heterocycles. The third-order valence-corrected chi connectivity index (χ3v) is 13.0. The second-order valence-electron chi connectivity index (χ2n) is 16.0. The second kappa shape index (κ2) is 14.1. The van der Waals surface area contributed by atoms with Crippen LogP contribution >= 0.6 is 0 Å². The molecule has 2 N–H and O–H groups in total. The number of benzene rings is 1. The number of aliphatic hydroxyl groups is 1. The summed E-state index contributed by atoms with van der Waals surface area (Å²) < 4.78 is 117. The Hall–Kier alpha value is -2.02. The van der Waals surface area contributed by atoms with Crippen LogP contribution in [0, 0.1) is 29.1 Å². The van der Waals surface area contributed by atoms with E-state index in [0.717, 1.165) is 57.9 Å². The largest absolute Gasteiger partial charge is 0.508 e. The lowest BCUT2D eigenvalue weighted by Gasteiger charge is -2.56. The average Bonchev–Trinajstić information content (AvgIpc) is 3.43. The maximum absolute atomic E-state index is 13.7. The summed E-state index contributed by atoms with van der Waals surface area (Å²) in [7, 11) is 1.90. The molecule has 4 aliphatic rings. The number of carbonyl (C=O) groups is 1. The molecule has 1 aromatic carbocycles. The van der Waals surface area contributed by atoms with Crippen LogP contribution in [-0.2, 0) is 11.2 Å². The minimum atomic E-state index is -6.84. The van der Waals surface area contributed by atoms with Gasteiger partial charge in [0.2, 0.25) is 0 Å². The molecule has 4 aliphatic carbocycles. The van der Waals surface area contributed by atoms with Crippen molar-refractivity contribution in [3.8, 4) is 5.75 Å². The van der Waals surface area contributed by atoms with E-state index in [9.17, 15) is 54.5 Å². The van der Waals surface area contributed by atoms with Crippen molar-refractivity contribution in [1.29, 1.82) is 0 Å². The minimum absolute atomic E-state index is 0.00674. The topological polar surface area (TPSA) is 60.8 Å². The lowest BCUT2D eigenvalue weighted by molar-refractivity contribution is -0.396. The van der Waals surface area contributed by atoms with Gasteiger partial charge in [0.25, 0.3) is 0 Å². The van der Waals surface area contributed by atoms with E-state index in [-0.39, 0.29) is 35.7 Å². The number of Topliss-reactive ketones (excluding diaryl/α,β-unsaturated/α-hetero) is 1. The van der Waals surface area contributed by atoms with Crippen molar-refractivity contribution in [2.24, 2.45) is 29.1 Å². The lowest BCUT2D eigenvalue weighted by atomic mass is 9.49. The summed E-state index contributed by atoms with van der Waals surface area (Å²) in [6.45, 7) is 3.57. The summed E-state index contributed by atoms with van der Waals surface area (Å²) in [5.74, 6) is -17.0. The van der Waals surface area contributed by atoms with Crippen molar-refractivity contribution < 1.29 is 54.5 Å². The quantitative estimate of drug-likeness (QED) is 0.140. The van der Waals surface area contributed by atoms with Gasteiger partial charge in [-0.05, 0) is 124 Å². The molecule has 0 saturated heterocycles. The Morgan fingerprint density at radius 1 is 0.900 bits per heavy atom. The van der Waals surface area contributed by atoms with Gasteiger partial charge in [-0.15, -0.1) is 0 Å². The zero-order valence-corrected chi connectivity index (χ0v) is 28.8. The predicted octanol–water partition coefficient (Wildman–Crippen LogP) is 9.71. The zero-order valence-electron chi connectivity index (χ0n) is 28.8. The molecular formula is C37H50F9NO3. The highest BCUT2D eigenvalue weighted by atomic mass is 19.4. The van der Waals surface area contributed by atoms with E-state index in [0.29, 0.717) is 49.5 Å². The highest BCUT2D eigenvalue weighted by Gasteiger charge is 2.81. The average molecular weight is 728 g/mol. The monoisotopic (exact) mass is 727 g/mol. The van der Waals surface area contributed by atoms with Gasteiger partial charge in [0.15, 0.2) is 0 Å². The summed E-state index contributed by atoms with van der Waals surface area (Å²) in [4.78, 5) is 14.5. The number of aryl methyl sites for hydroxylation is 1. The Bertz CT molecular complexity index is 1370. The summed E-state index contributed by atoms with van der Waals surface area (Å²) in [5.41, 5.74) is 1.23. The molecule has 0 heterocycles. The Balaban J connectivity index is 1.07. The molecule has 1 aromatic rings. The molecule has 4 nitrogen and oxygen atoms in total. The third kappa shape index (κ3) is 6.92. The first kappa shape index (κ1) is 39.2. The van der Waals surface area contributed by atoms with Crippen LogP contribution < -0.4 is 0 Å². The Morgan fingerprint density at radius 3 is 2.20 bits per heavy atom. The molecule has 0 aromatic heterocycles. The fourth-order valence-electron chi connectivity index (χ4n) is 10.4. The van der Waals surface area contributed by atoms with Gasteiger partial charge in [0, 0.05) is 24.7 Å². The maximum atomic E-state index is 13.7. The van der Waals surface area contributed by atoms with Crippen LogP contribution in [0.5, 0.6) is 5.75 Å².